The number of anilines is 2. The summed E-state index contributed by atoms with van der Waals surface area (Å²) in [6.07, 6.45) is 3.33. The van der Waals surface area contributed by atoms with Gasteiger partial charge in [0.2, 0.25) is 0 Å². The molecule has 9 heteroatoms. The summed E-state index contributed by atoms with van der Waals surface area (Å²) < 4.78 is 13.3. The third-order valence-corrected chi connectivity index (χ3v) is 5.61. The molecule has 9 nitrogen and oxygen atoms in total. The van der Waals surface area contributed by atoms with Gasteiger partial charge in [-0.1, -0.05) is 20.8 Å². The van der Waals surface area contributed by atoms with Crippen LogP contribution in [0.25, 0.3) is 5.69 Å². The molecule has 198 valence electrons. The fourth-order valence-corrected chi connectivity index (χ4v) is 3.49. The molecule has 2 heterocycles. The van der Waals surface area contributed by atoms with Crippen LogP contribution in [-0.4, -0.2) is 52.9 Å². The fourth-order valence-electron chi connectivity index (χ4n) is 3.49. The molecule has 2 aromatic carbocycles. The van der Waals surface area contributed by atoms with Crippen LogP contribution in [0.15, 0.2) is 79.1 Å². The van der Waals surface area contributed by atoms with Gasteiger partial charge in [0.1, 0.15) is 29.7 Å². The van der Waals surface area contributed by atoms with Crippen LogP contribution in [0.5, 0.6) is 17.2 Å². The molecule has 2 N–H and O–H groups in total. The molecule has 0 aliphatic carbocycles. The topological polar surface area (TPSA) is 93.5 Å². The number of likely N-dealkylation sites (N-methyl/N-ethyl adjacent to an activating group) is 1. The second-order valence-electron chi connectivity index (χ2n) is 10.1. The van der Waals surface area contributed by atoms with Gasteiger partial charge in [-0.05, 0) is 74.8 Å². The fraction of sp³-hybridized carbons (Fsp3) is 0.276. The number of pyridine rings is 1. The highest BCUT2D eigenvalue weighted by molar-refractivity contribution is 5.99. The van der Waals surface area contributed by atoms with Crippen LogP contribution < -0.4 is 20.1 Å². The van der Waals surface area contributed by atoms with Gasteiger partial charge in [0, 0.05) is 36.1 Å². The number of benzene rings is 2. The maximum Gasteiger partial charge on any atom is 0.324 e. The number of amides is 2. The third kappa shape index (κ3) is 7.33. The smallest absolute Gasteiger partial charge is 0.324 e. The van der Waals surface area contributed by atoms with Crippen LogP contribution in [0, 0.1) is 0 Å². The minimum atomic E-state index is -0.377. The van der Waals surface area contributed by atoms with E-state index in [9.17, 15) is 4.79 Å². The molecule has 4 rings (SSSR count). The second kappa shape index (κ2) is 11.8. The monoisotopic (exact) mass is 514 g/mol. The molecule has 0 aliphatic rings. The zero-order valence-corrected chi connectivity index (χ0v) is 22.4. The maximum absolute atomic E-state index is 12.9. The molecule has 0 fully saturated rings. The molecule has 2 amide bonds. The van der Waals surface area contributed by atoms with Crippen LogP contribution in [0.3, 0.4) is 0 Å². The summed E-state index contributed by atoms with van der Waals surface area (Å²) in [5, 5.41) is 10.6. The van der Waals surface area contributed by atoms with Crippen molar-refractivity contribution in [3.63, 3.8) is 0 Å². The van der Waals surface area contributed by atoms with Crippen molar-refractivity contribution < 1.29 is 14.3 Å². The van der Waals surface area contributed by atoms with Crippen LogP contribution in [0.4, 0.5) is 16.3 Å². The van der Waals surface area contributed by atoms with E-state index in [4.69, 9.17) is 14.6 Å². The van der Waals surface area contributed by atoms with E-state index in [1.807, 2.05) is 44.4 Å². The zero-order chi connectivity index (χ0) is 27.1. The minimum Gasteiger partial charge on any atom is -0.492 e. The average molecular weight is 515 g/mol. The first-order valence-corrected chi connectivity index (χ1v) is 12.4. The third-order valence-electron chi connectivity index (χ3n) is 5.61. The number of nitrogens with one attached hydrogen (secondary N) is 2. The number of aromatic nitrogens is 3. The molecular formula is C29H34N6O3. The van der Waals surface area contributed by atoms with E-state index in [1.165, 1.54) is 0 Å². The van der Waals surface area contributed by atoms with Gasteiger partial charge in [0.05, 0.1) is 11.4 Å². The largest absolute Gasteiger partial charge is 0.492 e. The van der Waals surface area contributed by atoms with Gasteiger partial charge in [0.15, 0.2) is 0 Å². The van der Waals surface area contributed by atoms with Gasteiger partial charge in [-0.2, -0.15) is 5.10 Å². The summed E-state index contributed by atoms with van der Waals surface area (Å²) in [4.78, 5) is 19.0. The Kier molecular flexibility index (Phi) is 8.28. The molecule has 0 radical (unpaired) electrons. The van der Waals surface area contributed by atoms with Crippen molar-refractivity contribution in [2.24, 2.45) is 0 Å². The molecule has 2 aromatic heterocycles. The summed E-state index contributed by atoms with van der Waals surface area (Å²) in [6.45, 7) is 7.69. The normalized spacial score (nSPS) is 11.3. The molecule has 4 aromatic rings. The molecule has 0 unspecified atom stereocenters. The predicted octanol–water partition coefficient (Wildman–Crippen LogP) is 5.94. The SMILES string of the molecule is CN(C)CCOc1ccc(-n2nc(C(C)(C)C)cc2NC(=O)Nc2ccc(Oc3ccncc3)cc2)cc1. The standard InChI is InChI=1S/C29H34N6O3/c1-29(2,3)26-20-27(35(33-26)22-8-12-23(13-9-22)37-19-18-34(4)5)32-28(36)31-21-6-10-24(11-7-21)38-25-14-16-30-17-15-25/h6-17,20H,18-19H2,1-5H3,(H2,31,32,36). The van der Waals surface area contributed by atoms with Crippen molar-refractivity contribution in [2.75, 3.05) is 37.9 Å². The van der Waals surface area contributed by atoms with Crippen molar-refractivity contribution in [2.45, 2.75) is 26.2 Å². The van der Waals surface area contributed by atoms with Gasteiger partial charge >= 0.3 is 6.03 Å². The van der Waals surface area contributed by atoms with Crippen LogP contribution >= 0.6 is 0 Å². The summed E-state index contributed by atoms with van der Waals surface area (Å²) in [5.74, 6) is 2.69. The van der Waals surface area contributed by atoms with Gasteiger partial charge in [-0.25, -0.2) is 9.48 Å². The van der Waals surface area contributed by atoms with E-state index < -0.39 is 0 Å². The Bertz CT molecular complexity index is 1330. The number of hydrogen-bond donors (Lipinski definition) is 2. The van der Waals surface area contributed by atoms with E-state index in [0.29, 0.717) is 29.6 Å². The van der Waals surface area contributed by atoms with Gasteiger partial charge < -0.3 is 19.7 Å². The number of nitrogens with zero attached hydrogens (tertiary/aromatic N) is 4. The summed E-state index contributed by atoms with van der Waals surface area (Å²) in [6, 6.07) is 19.9. The first kappa shape index (κ1) is 26.7. The predicted molar refractivity (Wildman–Crippen MR) is 150 cm³/mol. The molecule has 0 aliphatic heterocycles. The lowest BCUT2D eigenvalue weighted by molar-refractivity contribution is 0.261. The molecule has 0 saturated carbocycles. The molecular weight excluding hydrogens is 480 g/mol. The number of ether oxygens (including phenoxy) is 2. The Morgan fingerprint density at radius 1 is 0.895 bits per heavy atom. The molecule has 0 spiro atoms. The van der Waals surface area contributed by atoms with Crippen LogP contribution in [0.2, 0.25) is 0 Å². The van der Waals surface area contributed by atoms with Crippen molar-refractivity contribution >= 4 is 17.5 Å². The zero-order valence-electron chi connectivity index (χ0n) is 22.4. The highest BCUT2D eigenvalue weighted by Gasteiger charge is 2.21. The number of hydrogen-bond acceptors (Lipinski definition) is 6. The van der Waals surface area contributed by atoms with E-state index in [-0.39, 0.29) is 11.4 Å². The van der Waals surface area contributed by atoms with Crippen molar-refractivity contribution in [3.8, 4) is 22.9 Å². The highest BCUT2D eigenvalue weighted by atomic mass is 16.5. The Morgan fingerprint density at radius 2 is 1.53 bits per heavy atom. The van der Waals surface area contributed by atoms with E-state index in [2.05, 4.69) is 41.3 Å². The summed E-state index contributed by atoms with van der Waals surface area (Å²) in [7, 11) is 4.02. The first-order valence-electron chi connectivity index (χ1n) is 12.4. The Hall–Kier alpha value is -4.37. The second-order valence-corrected chi connectivity index (χ2v) is 10.1. The summed E-state index contributed by atoms with van der Waals surface area (Å²) in [5.41, 5.74) is 2.11. The Balaban J connectivity index is 1.45. The van der Waals surface area contributed by atoms with E-state index >= 15 is 0 Å². The van der Waals surface area contributed by atoms with Crippen molar-refractivity contribution in [1.29, 1.82) is 0 Å². The number of carbonyl (C=O) groups excluding carboxylic acids is 1. The lowest BCUT2D eigenvalue weighted by Gasteiger charge is -2.14. The average Bonchev–Trinajstić information content (AvgIpc) is 3.30. The van der Waals surface area contributed by atoms with Gasteiger partial charge in [-0.3, -0.25) is 10.3 Å². The molecule has 38 heavy (non-hydrogen) atoms. The molecule has 0 saturated heterocycles. The summed E-state index contributed by atoms with van der Waals surface area (Å²) >= 11 is 0. The van der Waals surface area contributed by atoms with Crippen molar-refractivity contribution in [1.82, 2.24) is 19.7 Å². The van der Waals surface area contributed by atoms with Crippen molar-refractivity contribution in [3.05, 3.63) is 84.8 Å². The maximum atomic E-state index is 12.9. The molecule has 0 atom stereocenters. The first-order chi connectivity index (χ1) is 18.2. The Labute approximate surface area is 223 Å². The Morgan fingerprint density at radius 3 is 2.16 bits per heavy atom. The number of urea groups is 1. The van der Waals surface area contributed by atoms with Gasteiger partial charge in [0.25, 0.3) is 0 Å². The highest BCUT2D eigenvalue weighted by Crippen LogP contribution is 2.28. The van der Waals surface area contributed by atoms with E-state index in [0.717, 1.165) is 23.7 Å². The lowest BCUT2D eigenvalue weighted by Crippen LogP contribution is -2.21. The van der Waals surface area contributed by atoms with Crippen LogP contribution in [-0.2, 0) is 5.41 Å². The van der Waals surface area contributed by atoms with Crippen LogP contribution in [0.1, 0.15) is 26.5 Å². The minimum absolute atomic E-state index is 0.196. The molecule has 0 bridgehead atoms. The lowest BCUT2D eigenvalue weighted by atomic mass is 9.92. The number of rotatable bonds is 9. The van der Waals surface area contributed by atoms with E-state index in [1.54, 1.807) is 53.5 Å². The van der Waals surface area contributed by atoms with Gasteiger partial charge in [-0.15, -0.1) is 0 Å². The quantitative estimate of drug-likeness (QED) is 0.287. The number of carbonyl (C=O) groups is 1.